The summed E-state index contributed by atoms with van der Waals surface area (Å²) in [6.07, 6.45) is 5.18. The highest BCUT2D eigenvalue weighted by Crippen LogP contribution is 2.16. The van der Waals surface area contributed by atoms with Crippen LogP contribution in [-0.2, 0) is 0 Å². The molecule has 1 heterocycles. The van der Waals surface area contributed by atoms with Crippen molar-refractivity contribution < 1.29 is 4.74 Å². The first-order valence-electron chi connectivity index (χ1n) is 8.12. The van der Waals surface area contributed by atoms with Crippen molar-refractivity contribution in [3.63, 3.8) is 0 Å². The molecule has 0 amide bonds. The molecule has 0 saturated carbocycles. The van der Waals surface area contributed by atoms with Gasteiger partial charge in [-0.05, 0) is 69.2 Å². The van der Waals surface area contributed by atoms with Gasteiger partial charge in [0, 0.05) is 24.8 Å². The van der Waals surface area contributed by atoms with E-state index in [1.54, 1.807) is 7.11 Å². The Hall–Kier alpha value is -1.33. The Kier molecular flexibility index (Phi) is 6.93. The molecule has 1 aliphatic heterocycles. The SMILES string of the molecule is COc1ccc(NC(=S)NCCCN2CCCC[C@H]2C)cc1. The van der Waals surface area contributed by atoms with Gasteiger partial charge < -0.3 is 20.3 Å². The summed E-state index contributed by atoms with van der Waals surface area (Å²) in [5.41, 5.74) is 0.975. The number of nitrogens with one attached hydrogen (secondary N) is 2. The van der Waals surface area contributed by atoms with Crippen molar-refractivity contribution >= 4 is 23.0 Å². The van der Waals surface area contributed by atoms with Crippen molar-refractivity contribution in [2.45, 2.75) is 38.6 Å². The zero-order valence-electron chi connectivity index (χ0n) is 13.6. The van der Waals surface area contributed by atoms with Gasteiger partial charge in [0.25, 0.3) is 0 Å². The summed E-state index contributed by atoms with van der Waals surface area (Å²) in [5.74, 6) is 0.847. The quantitative estimate of drug-likeness (QED) is 0.621. The molecular formula is C17H27N3OS. The van der Waals surface area contributed by atoms with Crippen LogP contribution in [-0.4, -0.2) is 42.8 Å². The van der Waals surface area contributed by atoms with Gasteiger partial charge in [-0.15, -0.1) is 0 Å². The lowest BCUT2D eigenvalue weighted by molar-refractivity contribution is 0.159. The maximum absolute atomic E-state index is 5.32. The van der Waals surface area contributed by atoms with Crippen LogP contribution in [0.1, 0.15) is 32.6 Å². The van der Waals surface area contributed by atoms with E-state index in [1.807, 2.05) is 24.3 Å². The smallest absolute Gasteiger partial charge is 0.170 e. The van der Waals surface area contributed by atoms with Crippen molar-refractivity contribution in [2.75, 3.05) is 32.1 Å². The number of ether oxygens (including phenoxy) is 1. The highest BCUT2D eigenvalue weighted by molar-refractivity contribution is 7.80. The number of likely N-dealkylation sites (tertiary alicyclic amines) is 1. The molecule has 0 unspecified atom stereocenters. The van der Waals surface area contributed by atoms with Crippen molar-refractivity contribution in [2.24, 2.45) is 0 Å². The highest BCUT2D eigenvalue weighted by Gasteiger charge is 2.16. The maximum Gasteiger partial charge on any atom is 0.170 e. The zero-order valence-corrected chi connectivity index (χ0v) is 14.4. The topological polar surface area (TPSA) is 36.5 Å². The van der Waals surface area contributed by atoms with Crippen LogP contribution in [0.15, 0.2) is 24.3 Å². The minimum atomic E-state index is 0.678. The Morgan fingerprint density at radius 2 is 2.09 bits per heavy atom. The molecule has 1 saturated heterocycles. The lowest BCUT2D eigenvalue weighted by Gasteiger charge is -2.33. The van der Waals surface area contributed by atoms with Crippen molar-refractivity contribution in [3.8, 4) is 5.75 Å². The minimum Gasteiger partial charge on any atom is -0.497 e. The third-order valence-corrected chi connectivity index (χ3v) is 4.44. The van der Waals surface area contributed by atoms with Crippen LogP contribution in [0.25, 0.3) is 0 Å². The molecule has 1 atom stereocenters. The molecule has 1 fully saturated rings. The molecular weight excluding hydrogens is 294 g/mol. The van der Waals surface area contributed by atoms with Crippen LogP contribution in [0.3, 0.4) is 0 Å². The van der Waals surface area contributed by atoms with Crippen LogP contribution in [0.2, 0.25) is 0 Å². The van der Waals surface area contributed by atoms with E-state index in [2.05, 4.69) is 22.5 Å². The molecule has 5 heteroatoms. The van der Waals surface area contributed by atoms with Crippen LogP contribution < -0.4 is 15.4 Å². The molecule has 1 aromatic rings. The van der Waals surface area contributed by atoms with Crippen LogP contribution in [0.4, 0.5) is 5.69 Å². The minimum absolute atomic E-state index is 0.678. The number of anilines is 1. The Bertz CT molecular complexity index is 463. The zero-order chi connectivity index (χ0) is 15.8. The van der Waals surface area contributed by atoms with Gasteiger partial charge in [-0.1, -0.05) is 6.42 Å². The molecule has 1 aromatic carbocycles. The summed E-state index contributed by atoms with van der Waals surface area (Å²) >= 11 is 5.32. The number of hydrogen-bond acceptors (Lipinski definition) is 3. The van der Waals surface area contributed by atoms with E-state index >= 15 is 0 Å². The number of piperidine rings is 1. The fourth-order valence-electron chi connectivity index (χ4n) is 2.82. The van der Waals surface area contributed by atoms with Gasteiger partial charge in [-0.3, -0.25) is 0 Å². The number of methoxy groups -OCH3 is 1. The van der Waals surface area contributed by atoms with Crippen molar-refractivity contribution in [3.05, 3.63) is 24.3 Å². The third kappa shape index (κ3) is 5.46. The molecule has 0 bridgehead atoms. The van der Waals surface area contributed by atoms with Gasteiger partial charge in [0.15, 0.2) is 5.11 Å². The number of nitrogens with zero attached hydrogens (tertiary/aromatic N) is 1. The second-order valence-electron chi connectivity index (χ2n) is 5.84. The van der Waals surface area contributed by atoms with Gasteiger partial charge in [0.1, 0.15) is 5.75 Å². The van der Waals surface area contributed by atoms with Crippen molar-refractivity contribution in [1.29, 1.82) is 0 Å². The Morgan fingerprint density at radius 3 is 2.77 bits per heavy atom. The predicted octanol–water partition coefficient (Wildman–Crippen LogP) is 3.25. The number of benzene rings is 1. The van der Waals surface area contributed by atoms with Gasteiger partial charge in [0.05, 0.1) is 7.11 Å². The first-order chi connectivity index (χ1) is 10.7. The van der Waals surface area contributed by atoms with Crippen LogP contribution >= 0.6 is 12.2 Å². The average Bonchev–Trinajstić information content (AvgIpc) is 2.54. The molecule has 0 aliphatic carbocycles. The molecule has 0 aromatic heterocycles. The number of rotatable bonds is 6. The average molecular weight is 321 g/mol. The standard InChI is InChI=1S/C17H27N3OS/c1-14-6-3-4-12-20(14)13-5-11-18-17(22)19-15-7-9-16(21-2)10-8-15/h7-10,14H,3-6,11-13H2,1-2H3,(H2,18,19,22)/t14-/m1/s1. The summed E-state index contributed by atoms with van der Waals surface area (Å²) in [6, 6.07) is 8.49. The molecule has 1 aliphatic rings. The van der Waals surface area contributed by atoms with E-state index < -0.39 is 0 Å². The van der Waals surface area contributed by atoms with Crippen molar-refractivity contribution in [1.82, 2.24) is 10.2 Å². The van der Waals surface area contributed by atoms with Gasteiger partial charge >= 0.3 is 0 Å². The molecule has 22 heavy (non-hydrogen) atoms. The first kappa shape index (κ1) is 17.0. The molecule has 122 valence electrons. The highest BCUT2D eigenvalue weighted by atomic mass is 32.1. The molecule has 4 nitrogen and oxygen atoms in total. The van der Waals surface area contributed by atoms with E-state index in [0.29, 0.717) is 5.11 Å². The van der Waals surface area contributed by atoms with E-state index in [4.69, 9.17) is 17.0 Å². The molecule has 0 spiro atoms. The Balaban J connectivity index is 1.62. The monoisotopic (exact) mass is 321 g/mol. The summed E-state index contributed by atoms with van der Waals surface area (Å²) in [6.45, 7) is 5.64. The summed E-state index contributed by atoms with van der Waals surface area (Å²) in [5, 5.41) is 7.15. The lowest BCUT2D eigenvalue weighted by Crippen LogP contribution is -2.39. The van der Waals surface area contributed by atoms with Crippen LogP contribution in [0, 0.1) is 0 Å². The number of hydrogen-bond donors (Lipinski definition) is 2. The normalized spacial score (nSPS) is 18.7. The second kappa shape index (κ2) is 8.96. The summed E-state index contributed by atoms with van der Waals surface area (Å²) in [4.78, 5) is 2.59. The van der Waals surface area contributed by atoms with E-state index in [1.165, 1.54) is 25.8 Å². The predicted molar refractivity (Wildman–Crippen MR) is 96.7 cm³/mol. The van der Waals surface area contributed by atoms with E-state index in [-0.39, 0.29) is 0 Å². The number of thiocarbonyl (C=S) groups is 1. The Labute approximate surface area is 139 Å². The fourth-order valence-corrected chi connectivity index (χ4v) is 3.04. The lowest BCUT2D eigenvalue weighted by atomic mass is 10.0. The summed E-state index contributed by atoms with van der Waals surface area (Å²) in [7, 11) is 1.66. The van der Waals surface area contributed by atoms with Gasteiger partial charge in [-0.25, -0.2) is 0 Å². The van der Waals surface area contributed by atoms with Crippen LogP contribution in [0.5, 0.6) is 5.75 Å². The van der Waals surface area contributed by atoms with E-state index in [0.717, 1.165) is 37.0 Å². The summed E-state index contributed by atoms with van der Waals surface area (Å²) < 4.78 is 5.14. The van der Waals surface area contributed by atoms with E-state index in [9.17, 15) is 0 Å². The molecule has 0 radical (unpaired) electrons. The third-order valence-electron chi connectivity index (χ3n) is 4.20. The maximum atomic E-state index is 5.32. The van der Waals surface area contributed by atoms with Gasteiger partial charge in [0.2, 0.25) is 0 Å². The van der Waals surface area contributed by atoms with Gasteiger partial charge in [-0.2, -0.15) is 0 Å². The fraction of sp³-hybridized carbons (Fsp3) is 0.588. The first-order valence-corrected chi connectivity index (χ1v) is 8.53. The largest absolute Gasteiger partial charge is 0.497 e. The molecule has 2 rings (SSSR count). The Morgan fingerprint density at radius 1 is 1.32 bits per heavy atom. The molecule has 2 N–H and O–H groups in total. The second-order valence-corrected chi connectivity index (χ2v) is 6.25.